The minimum absolute atomic E-state index is 0. The molecule has 0 aliphatic carbocycles. The Bertz CT molecular complexity index is 1390. The van der Waals surface area contributed by atoms with Crippen LogP contribution < -0.4 is 48.0 Å². The van der Waals surface area contributed by atoms with Crippen molar-refractivity contribution in [2.45, 2.75) is 39.2 Å². The smallest absolute Gasteiger partial charge is 0.166 e. The Morgan fingerprint density at radius 3 is 0.732 bits per heavy atom. The average molecular weight is 811 g/mol. The van der Waals surface area contributed by atoms with Gasteiger partial charge in [0.05, 0.1) is 21.8 Å². The molecule has 0 atom stereocenters. The van der Waals surface area contributed by atoms with E-state index in [9.17, 15) is 0 Å². The summed E-state index contributed by atoms with van der Waals surface area (Å²) < 4.78 is 0. The zero-order valence-corrected chi connectivity index (χ0v) is 28.9. The third-order valence-electron chi connectivity index (χ3n) is 6.27. The lowest BCUT2D eigenvalue weighted by molar-refractivity contribution is -0.001000. The molecular weight excluding hydrogens is 782 g/mol. The van der Waals surface area contributed by atoms with E-state index in [0.717, 1.165) is 0 Å². The van der Waals surface area contributed by atoms with Gasteiger partial charge in [-0.25, -0.2) is 0 Å². The number of hydrogen-bond acceptors (Lipinski definition) is 1. The predicted molar refractivity (Wildman–Crippen MR) is 167 cm³/mol. The highest BCUT2D eigenvalue weighted by atomic mass is 127. The molecule has 0 N–H and O–H groups in total. The monoisotopic (exact) mass is 810 g/mol. The molecule has 6 aromatic carbocycles. The number of halogens is 2. The SMILES string of the molecule is [I-].[I-].c1ccc([S+](c2ccccc2)c2ccc(Sc3ccc([S+](c4ccccc4)c4ccccc4)cc3)cc2)cc1. The Labute approximate surface area is 287 Å². The standard InChI is InChI=1S/C36H28S3.2HI/c1-5-13-31(14-6-1)38(32-15-7-2-8-16-32)35-25-21-29(22-26-35)37-30-23-27-36(28-24-30)39(33-17-9-3-10-18-33)34-19-11-4-12-20-34;;/h1-28H;2*1H/q+2;;/p-2. The summed E-state index contributed by atoms with van der Waals surface area (Å²) in [5.41, 5.74) is 0. The maximum atomic E-state index is 2.29. The van der Waals surface area contributed by atoms with Crippen LogP contribution in [0.2, 0.25) is 0 Å². The first-order valence-electron chi connectivity index (χ1n) is 12.9. The molecule has 0 radical (unpaired) electrons. The van der Waals surface area contributed by atoms with Crippen molar-refractivity contribution in [1.82, 2.24) is 0 Å². The minimum Gasteiger partial charge on any atom is -1.00 e. The van der Waals surface area contributed by atoms with Crippen molar-refractivity contribution >= 4 is 33.6 Å². The molecule has 0 heterocycles. The fourth-order valence-electron chi connectivity index (χ4n) is 4.47. The van der Waals surface area contributed by atoms with Gasteiger partial charge in [-0.05, 0) is 97.1 Å². The van der Waals surface area contributed by atoms with Crippen molar-refractivity contribution in [3.05, 3.63) is 170 Å². The molecular formula is C36H28I2S3. The second kappa shape index (κ2) is 15.9. The van der Waals surface area contributed by atoms with Crippen LogP contribution in [0.1, 0.15) is 0 Å². The second-order valence-electron chi connectivity index (χ2n) is 8.91. The maximum Gasteiger partial charge on any atom is 0.166 e. The highest BCUT2D eigenvalue weighted by Crippen LogP contribution is 2.36. The van der Waals surface area contributed by atoms with Crippen LogP contribution in [0.4, 0.5) is 0 Å². The molecule has 0 spiro atoms. The highest BCUT2D eigenvalue weighted by molar-refractivity contribution is 7.99. The van der Waals surface area contributed by atoms with E-state index >= 15 is 0 Å². The van der Waals surface area contributed by atoms with Gasteiger partial charge in [0.15, 0.2) is 29.4 Å². The van der Waals surface area contributed by atoms with Gasteiger partial charge in [-0.2, -0.15) is 0 Å². The Balaban J connectivity index is 0.00000194. The van der Waals surface area contributed by atoms with Gasteiger partial charge in [0.25, 0.3) is 0 Å². The number of benzene rings is 6. The molecule has 0 saturated heterocycles. The molecule has 0 aliphatic heterocycles. The molecule has 204 valence electrons. The second-order valence-corrected chi connectivity index (χ2v) is 14.1. The van der Waals surface area contributed by atoms with Crippen LogP contribution in [-0.2, 0) is 21.8 Å². The van der Waals surface area contributed by atoms with Gasteiger partial charge in [0, 0.05) is 9.79 Å². The van der Waals surface area contributed by atoms with E-state index in [1.165, 1.54) is 39.2 Å². The molecule has 5 heteroatoms. The van der Waals surface area contributed by atoms with E-state index in [-0.39, 0.29) is 69.7 Å². The highest BCUT2D eigenvalue weighted by Gasteiger charge is 2.29. The molecule has 0 saturated carbocycles. The van der Waals surface area contributed by atoms with E-state index in [2.05, 4.69) is 170 Å². The van der Waals surface area contributed by atoms with Crippen LogP contribution in [0, 0.1) is 0 Å². The van der Waals surface area contributed by atoms with E-state index in [1.807, 2.05) is 11.8 Å². The van der Waals surface area contributed by atoms with Crippen molar-refractivity contribution in [1.29, 1.82) is 0 Å². The summed E-state index contributed by atoms with van der Waals surface area (Å²) in [5, 5.41) is 0. The van der Waals surface area contributed by atoms with Crippen LogP contribution >= 0.6 is 11.8 Å². The van der Waals surface area contributed by atoms with Crippen molar-refractivity contribution in [2.75, 3.05) is 0 Å². The molecule has 0 unspecified atom stereocenters. The van der Waals surface area contributed by atoms with E-state index in [1.54, 1.807) is 0 Å². The molecule has 0 nitrogen and oxygen atoms in total. The van der Waals surface area contributed by atoms with Crippen molar-refractivity contribution in [3.63, 3.8) is 0 Å². The summed E-state index contributed by atoms with van der Waals surface area (Å²) >= 11 is 1.82. The molecule has 0 aromatic heterocycles. The van der Waals surface area contributed by atoms with Crippen molar-refractivity contribution < 1.29 is 48.0 Å². The van der Waals surface area contributed by atoms with Gasteiger partial charge in [0.1, 0.15) is 0 Å². The molecule has 0 amide bonds. The van der Waals surface area contributed by atoms with Crippen LogP contribution in [0.25, 0.3) is 0 Å². The van der Waals surface area contributed by atoms with E-state index in [4.69, 9.17) is 0 Å². The minimum atomic E-state index is -0.123. The third kappa shape index (κ3) is 8.02. The molecule has 0 fully saturated rings. The van der Waals surface area contributed by atoms with Crippen LogP contribution in [-0.4, -0.2) is 0 Å². The van der Waals surface area contributed by atoms with Gasteiger partial charge >= 0.3 is 0 Å². The first kappa shape index (κ1) is 31.8. The Hall–Kier alpha value is -2.17. The van der Waals surface area contributed by atoms with Crippen molar-refractivity contribution in [2.24, 2.45) is 0 Å². The Morgan fingerprint density at radius 1 is 0.268 bits per heavy atom. The van der Waals surface area contributed by atoms with Gasteiger partial charge < -0.3 is 48.0 Å². The normalized spacial score (nSPS) is 10.6. The Kier molecular flexibility index (Phi) is 12.3. The van der Waals surface area contributed by atoms with Crippen LogP contribution in [0.15, 0.2) is 209 Å². The third-order valence-corrected chi connectivity index (χ3v) is 11.7. The fourth-order valence-corrected chi connectivity index (χ4v) is 9.45. The molecule has 41 heavy (non-hydrogen) atoms. The molecule has 0 bridgehead atoms. The summed E-state index contributed by atoms with van der Waals surface area (Å²) in [4.78, 5) is 10.5. The maximum absolute atomic E-state index is 2.29. The number of rotatable bonds is 8. The lowest BCUT2D eigenvalue weighted by Crippen LogP contribution is -3.00. The van der Waals surface area contributed by atoms with Gasteiger partial charge in [-0.1, -0.05) is 84.6 Å². The van der Waals surface area contributed by atoms with E-state index < -0.39 is 0 Å². The summed E-state index contributed by atoms with van der Waals surface area (Å²) in [7, 11) is -0.245. The molecule has 6 aromatic rings. The lowest BCUT2D eigenvalue weighted by atomic mass is 10.3. The quantitative estimate of drug-likeness (QED) is 0.166. The fraction of sp³-hybridized carbons (Fsp3) is 0. The lowest BCUT2D eigenvalue weighted by Gasteiger charge is -2.10. The summed E-state index contributed by atoms with van der Waals surface area (Å²) in [6, 6.07) is 61.5. The van der Waals surface area contributed by atoms with Crippen LogP contribution in [0.3, 0.4) is 0 Å². The van der Waals surface area contributed by atoms with Gasteiger partial charge in [-0.3, -0.25) is 0 Å². The van der Waals surface area contributed by atoms with Gasteiger partial charge in [0.2, 0.25) is 0 Å². The predicted octanol–water partition coefficient (Wildman–Crippen LogP) is 4.04. The summed E-state index contributed by atoms with van der Waals surface area (Å²) in [5.74, 6) is 0. The van der Waals surface area contributed by atoms with Crippen molar-refractivity contribution in [3.8, 4) is 0 Å². The largest absolute Gasteiger partial charge is 1.00 e. The first-order valence-corrected chi connectivity index (χ1v) is 16.2. The molecule has 0 aliphatic rings. The topological polar surface area (TPSA) is 0 Å². The van der Waals surface area contributed by atoms with Crippen LogP contribution in [0.5, 0.6) is 0 Å². The first-order chi connectivity index (χ1) is 19.3. The number of hydrogen-bond donors (Lipinski definition) is 0. The zero-order chi connectivity index (χ0) is 26.3. The Morgan fingerprint density at radius 2 is 0.488 bits per heavy atom. The summed E-state index contributed by atoms with van der Waals surface area (Å²) in [6.45, 7) is 0. The van der Waals surface area contributed by atoms with Gasteiger partial charge in [-0.15, -0.1) is 0 Å². The average Bonchev–Trinajstić information content (AvgIpc) is 3.01. The zero-order valence-electron chi connectivity index (χ0n) is 22.1. The molecule has 6 rings (SSSR count). The van der Waals surface area contributed by atoms with E-state index in [0.29, 0.717) is 0 Å². The summed E-state index contributed by atoms with van der Waals surface area (Å²) in [6.07, 6.45) is 0.